The summed E-state index contributed by atoms with van der Waals surface area (Å²) in [5.41, 5.74) is -0.510. The zero-order valence-corrected chi connectivity index (χ0v) is 26.8. The highest BCUT2D eigenvalue weighted by molar-refractivity contribution is 6.31. The molecule has 2 heterocycles. The molecule has 3 amide bonds. The summed E-state index contributed by atoms with van der Waals surface area (Å²) in [5.74, 6) is -3.75. The predicted octanol–water partition coefficient (Wildman–Crippen LogP) is 4.31. The van der Waals surface area contributed by atoms with E-state index in [4.69, 9.17) is 16.3 Å². The van der Waals surface area contributed by atoms with Crippen molar-refractivity contribution in [1.29, 1.82) is 0 Å². The molecule has 0 aliphatic carbocycles. The molecule has 1 aliphatic rings. The van der Waals surface area contributed by atoms with E-state index in [1.54, 1.807) is 34.7 Å². The van der Waals surface area contributed by atoms with Gasteiger partial charge in [-0.1, -0.05) is 32.4 Å². The molecule has 3 aromatic rings. The molecule has 2 aromatic carbocycles. The lowest BCUT2D eigenvalue weighted by atomic mass is 9.85. The maximum Gasteiger partial charge on any atom is 0.257 e. The van der Waals surface area contributed by atoms with Crippen LogP contribution in [-0.2, 0) is 14.4 Å². The SMILES string of the molecule is CN[C@@H](C)C(=O)N[C@H](C(=O)N(C(=O)[C@H]1CCCNC1)c1cc2c(Nc3ccc(F)c(Cl)c3F)ncnc2cc1OC)C(C)(C)C. The van der Waals surface area contributed by atoms with Crippen LogP contribution in [0.2, 0.25) is 5.02 Å². The normalized spacial score (nSPS) is 16.5. The summed E-state index contributed by atoms with van der Waals surface area (Å²) in [6, 6.07) is 3.51. The molecule has 11 nitrogen and oxygen atoms in total. The van der Waals surface area contributed by atoms with Crippen molar-refractivity contribution in [2.75, 3.05) is 37.5 Å². The Labute approximate surface area is 265 Å². The summed E-state index contributed by atoms with van der Waals surface area (Å²) in [5, 5.41) is 11.3. The Morgan fingerprint density at radius 3 is 2.53 bits per heavy atom. The molecule has 1 aromatic heterocycles. The van der Waals surface area contributed by atoms with E-state index in [0.29, 0.717) is 23.9 Å². The molecule has 4 rings (SSSR count). The molecule has 1 fully saturated rings. The van der Waals surface area contributed by atoms with Gasteiger partial charge in [0.15, 0.2) is 5.82 Å². The smallest absolute Gasteiger partial charge is 0.257 e. The maximum absolute atomic E-state index is 14.8. The maximum atomic E-state index is 14.8. The summed E-state index contributed by atoms with van der Waals surface area (Å²) in [6.07, 6.45) is 2.53. The lowest BCUT2D eigenvalue weighted by Crippen LogP contribution is -2.59. The molecule has 1 saturated heterocycles. The van der Waals surface area contributed by atoms with Crippen molar-refractivity contribution in [3.63, 3.8) is 0 Å². The second kappa shape index (κ2) is 14.0. The summed E-state index contributed by atoms with van der Waals surface area (Å²) in [4.78, 5) is 51.4. The fraction of sp³-hybridized carbons (Fsp3) is 0.452. The van der Waals surface area contributed by atoms with Crippen molar-refractivity contribution in [2.24, 2.45) is 11.3 Å². The Bertz CT molecular complexity index is 1590. The third kappa shape index (κ3) is 7.32. The lowest BCUT2D eigenvalue weighted by Gasteiger charge is -2.37. The van der Waals surface area contributed by atoms with Crippen LogP contribution in [0.1, 0.15) is 40.5 Å². The van der Waals surface area contributed by atoms with E-state index in [2.05, 4.69) is 31.2 Å². The number of methoxy groups -OCH3 is 1. The van der Waals surface area contributed by atoms with E-state index < -0.39 is 57.8 Å². The number of anilines is 3. The van der Waals surface area contributed by atoms with E-state index in [1.807, 2.05) is 0 Å². The number of aromatic nitrogens is 2. The van der Waals surface area contributed by atoms with Crippen LogP contribution < -0.4 is 30.9 Å². The number of imide groups is 1. The number of nitrogens with zero attached hydrogens (tertiary/aromatic N) is 3. The molecule has 1 aliphatic heterocycles. The molecular weight excluding hydrogens is 608 g/mol. The quantitative estimate of drug-likeness (QED) is 0.251. The summed E-state index contributed by atoms with van der Waals surface area (Å²) < 4.78 is 34.3. The number of rotatable bonds is 9. The Kier molecular flexibility index (Phi) is 10.6. The van der Waals surface area contributed by atoms with Gasteiger partial charge in [0.05, 0.1) is 36.0 Å². The Morgan fingerprint density at radius 1 is 1.18 bits per heavy atom. The molecule has 3 atom stereocenters. The minimum Gasteiger partial charge on any atom is -0.494 e. The Balaban J connectivity index is 1.90. The van der Waals surface area contributed by atoms with Crippen molar-refractivity contribution in [2.45, 2.75) is 52.6 Å². The van der Waals surface area contributed by atoms with Gasteiger partial charge in [-0.05, 0) is 57.0 Å². The van der Waals surface area contributed by atoms with Gasteiger partial charge in [-0.25, -0.2) is 23.6 Å². The fourth-order valence-electron chi connectivity index (χ4n) is 5.03. The van der Waals surface area contributed by atoms with Gasteiger partial charge >= 0.3 is 0 Å². The van der Waals surface area contributed by atoms with Crippen molar-refractivity contribution in [3.8, 4) is 5.75 Å². The van der Waals surface area contributed by atoms with Gasteiger partial charge in [0.1, 0.15) is 34.8 Å². The van der Waals surface area contributed by atoms with Crippen LogP contribution in [0.4, 0.5) is 26.0 Å². The number of likely N-dealkylation sites (N-methyl/N-ethyl adjacent to an activating group) is 1. The third-order valence-electron chi connectivity index (χ3n) is 7.78. The molecule has 242 valence electrons. The second-order valence-electron chi connectivity index (χ2n) is 12.0. The number of hydrogen-bond acceptors (Lipinski definition) is 9. The van der Waals surface area contributed by atoms with Crippen LogP contribution >= 0.6 is 11.6 Å². The predicted molar refractivity (Wildman–Crippen MR) is 169 cm³/mol. The van der Waals surface area contributed by atoms with Gasteiger partial charge < -0.3 is 26.0 Å². The second-order valence-corrected chi connectivity index (χ2v) is 12.4. The first-order valence-corrected chi connectivity index (χ1v) is 15.0. The van der Waals surface area contributed by atoms with Gasteiger partial charge in [0.25, 0.3) is 5.91 Å². The topological polar surface area (TPSA) is 138 Å². The number of carbonyl (C=O) groups is 3. The van der Waals surface area contributed by atoms with Crippen LogP contribution in [0.15, 0.2) is 30.6 Å². The highest BCUT2D eigenvalue weighted by atomic mass is 35.5. The highest BCUT2D eigenvalue weighted by Gasteiger charge is 2.42. The zero-order chi connectivity index (χ0) is 33.1. The van der Waals surface area contributed by atoms with E-state index in [1.165, 1.54) is 31.6 Å². The first-order chi connectivity index (χ1) is 21.3. The number of piperidine rings is 1. The Hall–Kier alpha value is -3.94. The van der Waals surface area contributed by atoms with Gasteiger partial charge in [0.2, 0.25) is 11.8 Å². The van der Waals surface area contributed by atoms with E-state index in [9.17, 15) is 23.2 Å². The number of amides is 3. The molecule has 0 radical (unpaired) electrons. The van der Waals surface area contributed by atoms with Crippen LogP contribution in [0.3, 0.4) is 0 Å². The number of nitrogens with one attached hydrogen (secondary N) is 4. The molecular formula is C31H38ClF2N7O4. The fourth-order valence-corrected chi connectivity index (χ4v) is 5.19. The molecule has 14 heteroatoms. The van der Waals surface area contributed by atoms with Crippen LogP contribution in [-0.4, -0.2) is 67.0 Å². The van der Waals surface area contributed by atoms with Gasteiger partial charge in [-0.3, -0.25) is 14.4 Å². The number of halogens is 3. The number of benzene rings is 2. The van der Waals surface area contributed by atoms with Crippen LogP contribution in [0, 0.1) is 23.0 Å². The van der Waals surface area contributed by atoms with Crippen LogP contribution in [0.5, 0.6) is 5.75 Å². The van der Waals surface area contributed by atoms with Crippen molar-refractivity contribution in [1.82, 2.24) is 25.9 Å². The van der Waals surface area contributed by atoms with E-state index in [-0.39, 0.29) is 22.9 Å². The monoisotopic (exact) mass is 645 g/mol. The summed E-state index contributed by atoms with van der Waals surface area (Å²) >= 11 is 5.79. The van der Waals surface area contributed by atoms with Crippen LogP contribution in [0.25, 0.3) is 10.9 Å². The third-order valence-corrected chi connectivity index (χ3v) is 8.12. The molecule has 45 heavy (non-hydrogen) atoms. The number of hydrogen-bond donors (Lipinski definition) is 4. The molecule has 0 saturated carbocycles. The van der Waals surface area contributed by atoms with Gasteiger partial charge in [-0.15, -0.1) is 0 Å². The molecule has 0 unspecified atom stereocenters. The van der Waals surface area contributed by atoms with Crippen molar-refractivity contribution >= 4 is 57.4 Å². The zero-order valence-electron chi connectivity index (χ0n) is 26.1. The van der Waals surface area contributed by atoms with Crippen molar-refractivity contribution < 1.29 is 27.9 Å². The first-order valence-electron chi connectivity index (χ1n) is 14.6. The average molecular weight is 646 g/mol. The summed E-state index contributed by atoms with van der Waals surface area (Å²) in [6.45, 7) is 8.15. The largest absolute Gasteiger partial charge is 0.494 e. The molecule has 0 bridgehead atoms. The van der Waals surface area contributed by atoms with Crippen molar-refractivity contribution in [3.05, 3.63) is 47.2 Å². The van der Waals surface area contributed by atoms with Gasteiger partial charge in [0, 0.05) is 18.0 Å². The highest BCUT2D eigenvalue weighted by Crippen LogP contribution is 2.38. The van der Waals surface area contributed by atoms with E-state index in [0.717, 1.165) is 23.9 Å². The van der Waals surface area contributed by atoms with E-state index >= 15 is 0 Å². The average Bonchev–Trinajstić information content (AvgIpc) is 3.02. The molecule has 0 spiro atoms. The minimum atomic E-state index is -1.11. The number of ether oxygens (including phenoxy) is 1. The molecule has 4 N–H and O–H groups in total. The first kappa shape index (κ1) is 33.9. The summed E-state index contributed by atoms with van der Waals surface area (Å²) in [7, 11) is 3.03. The minimum absolute atomic E-state index is 0.0891. The number of fused-ring (bicyclic) bond motifs is 1. The standard InChI is InChI=1S/C31H38ClF2N7O4/c1-16(35-5)28(42)40-26(31(2,3)4)30(44)41(29(43)17-8-7-11-36-14-17)22-12-18-21(13-23(22)45-6)37-15-38-27(18)39-20-10-9-19(33)24(32)25(20)34/h9-10,12-13,15-17,26,35-36H,7-8,11,14H2,1-6H3,(H,40,42)(H,37,38,39)/t16-,17-,26+/m0/s1. The Morgan fingerprint density at radius 2 is 1.91 bits per heavy atom. The number of carbonyl (C=O) groups excluding carboxylic acids is 3. The van der Waals surface area contributed by atoms with Gasteiger partial charge in [-0.2, -0.15) is 0 Å². The lowest BCUT2D eigenvalue weighted by molar-refractivity contribution is -0.135.